The van der Waals surface area contributed by atoms with Crippen molar-refractivity contribution >= 4 is 49.0 Å². The highest BCUT2D eigenvalue weighted by Gasteiger charge is 2.24. The molecule has 0 saturated heterocycles. The molecule has 3 heteroatoms. The van der Waals surface area contributed by atoms with Crippen molar-refractivity contribution in [2.45, 2.75) is 0 Å². The number of para-hydroxylation sites is 3. The fourth-order valence-corrected chi connectivity index (χ4v) is 7.60. The molecular weight excluding hydrogens is 583 g/mol. The molecule has 0 spiro atoms. The van der Waals surface area contributed by atoms with Crippen molar-refractivity contribution in [2.75, 3.05) is 0 Å². The summed E-state index contributed by atoms with van der Waals surface area (Å²) in [6.45, 7) is 0. The third-order valence-electron chi connectivity index (χ3n) is 9.70. The van der Waals surface area contributed by atoms with E-state index in [1.54, 1.807) is 0 Å². The maximum atomic E-state index is 5.54. The van der Waals surface area contributed by atoms with Crippen LogP contribution in [0.5, 0.6) is 0 Å². The minimum absolute atomic E-state index is 0.936. The summed E-state index contributed by atoms with van der Waals surface area (Å²) in [4.78, 5) is 5.54. The van der Waals surface area contributed by atoms with Gasteiger partial charge in [-0.25, -0.2) is 4.98 Å². The summed E-state index contributed by atoms with van der Waals surface area (Å²) in [6.07, 6.45) is 0. The minimum Gasteiger partial charge on any atom is -0.309 e. The largest absolute Gasteiger partial charge is 0.309 e. The topological polar surface area (TPSA) is 22.2 Å². The zero-order valence-corrected chi connectivity index (χ0v) is 26.1. The van der Waals surface area contributed by atoms with Gasteiger partial charge in [-0.15, -0.1) is 0 Å². The summed E-state index contributed by atoms with van der Waals surface area (Å²) < 4.78 is 4.81. The van der Waals surface area contributed by atoms with Crippen LogP contribution < -0.4 is 0 Å². The molecule has 3 heterocycles. The Morgan fingerprint density at radius 3 is 1.65 bits per heavy atom. The molecule has 7 aromatic carbocycles. The Balaban J connectivity index is 1.40. The molecule has 0 unspecified atom stereocenters. The standard InChI is InChI=1S/C45H29N3/c1-4-14-30(15-5-1)31-24-26-33(27-25-31)45-46-43(32-16-6-2-7-17-32)44-42-36(35-20-10-12-22-38(35)48(44)45)28-29-40-41(42)37-21-11-13-23-39(37)47(40)34-18-8-3-9-19-34/h1-29H. The van der Waals surface area contributed by atoms with Gasteiger partial charge >= 0.3 is 0 Å². The van der Waals surface area contributed by atoms with Crippen molar-refractivity contribution in [1.82, 2.24) is 14.0 Å². The number of pyridine rings is 1. The van der Waals surface area contributed by atoms with Crippen LogP contribution in [0.25, 0.3) is 88.5 Å². The summed E-state index contributed by atoms with van der Waals surface area (Å²) in [5.41, 5.74) is 11.3. The van der Waals surface area contributed by atoms with E-state index in [0.29, 0.717) is 0 Å². The minimum atomic E-state index is 0.936. The van der Waals surface area contributed by atoms with Crippen LogP contribution in [-0.4, -0.2) is 14.0 Å². The molecule has 0 aliphatic rings. The molecule has 0 saturated carbocycles. The van der Waals surface area contributed by atoms with Crippen LogP contribution in [0.15, 0.2) is 176 Å². The van der Waals surface area contributed by atoms with Crippen molar-refractivity contribution < 1.29 is 0 Å². The Morgan fingerprint density at radius 2 is 0.917 bits per heavy atom. The number of benzene rings is 7. The lowest BCUT2D eigenvalue weighted by Gasteiger charge is -2.14. The maximum absolute atomic E-state index is 5.54. The number of imidazole rings is 1. The van der Waals surface area contributed by atoms with Gasteiger partial charge in [-0.2, -0.15) is 0 Å². The number of hydrogen-bond acceptors (Lipinski definition) is 1. The number of nitrogens with zero attached hydrogens (tertiary/aromatic N) is 3. The molecule has 0 fully saturated rings. The molecule has 0 amide bonds. The third-order valence-corrected chi connectivity index (χ3v) is 9.70. The Kier molecular flexibility index (Phi) is 5.87. The van der Waals surface area contributed by atoms with E-state index in [1.165, 1.54) is 49.1 Å². The molecule has 48 heavy (non-hydrogen) atoms. The second-order valence-corrected chi connectivity index (χ2v) is 12.4. The average Bonchev–Trinajstić information content (AvgIpc) is 3.73. The zero-order valence-electron chi connectivity index (χ0n) is 26.1. The van der Waals surface area contributed by atoms with Gasteiger partial charge in [0.2, 0.25) is 0 Å². The SMILES string of the molecule is c1ccc(-c2ccc(-c3nc(-c4ccccc4)c4c5c(ccc6c5c5ccccc5n6-c5ccccc5)c5ccccc5n34)cc2)cc1. The molecule has 0 aliphatic heterocycles. The molecule has 0 radical (unpaired) electrons. The van der Waals surface area contributed by atoms with Crippen LogP contribution in [0.2, 0.25) is 0 Å². The first-order valence-corrected chi connectivity index (χ1v) is 16.4. The van der Waals surface area contributed by atoms with Crippen LogP contribution in [0.4, 0.5) is 0 Å². The highest BCUT2D eigenvalue weighted by molar-refractivity contribution is 6.31. The van der Waals surface area contributed by atoms with Crippen LogP contribution in [0, 0.1) is 0 Å². The number of rotatable bonds is 4. The van der Waals surface area contributed by atoms with Gasteiger partial charge in [0.25, 0.3) is 0 Å². The van der Waals surface area contributed by atoms with Crippen LogP contribution in [0.3, 0.4) is 0 Å². The van der Waals surface area contributed by atoms with Crippen molar-refractivity contribution in [2.24, 2.45) is 0 Å². The van der Waals surface area contributed by atoms with Gasteiger partial charge in [0.05, 0.1) is 27.8 Å². The maximum Gasteiger partial charge on any atom is 0.145 e. The van der Waals surface area contributed by atoms with Gasteiger partial charge in [-0.1, -0.05) is 146 Å². The second-order valence-electron chi connectivity index (χ2n) is 12.4. The van der Waals surface area contributed by atoms with Gasteiger partial charge in [-0.3, -0.25) is 4.40 Å². The molecule has 0 aliphatic carbocycles. The second kappa shape index (κ2) is 10.5. The fraction of sp³-hybridized carbons (Fsp3) is 0. The first kappa shape index (κ1) is 26.7. The van der Waals surface area contributed by atoms with E-state index in [0.717, 1.165) is 39.4 Å². The van der Waals surface area contributed by atoms with E-state index in [9.17, 15) is 0 Å². The summed E-state index contributed by atoms with van der Waals surface area (Å²) in [5.74, 6) is 0.936. The Hall–Kier alpha value is -6.45. The molecule has 224 valence electrons. The Labute approximate surface area is 277 Å². The third kappa shape index (κ3) is 3.91. The Morgan fingerprint density at radius 1 is 0.354 bits per heavy atom. The van der Waals surface area contributed by atoms with E-state index in [-0.39, 0.29) is 0 Å². The molecule has 0 atom stereocenters. The number of fused-ring (bicyclic) bond motifs is 10. The quantitative estimate of drug-likeness (QED) is 0.182. The smallest absolute Gasteiger partial charge is 0.145 e. The van der Waals surface area contributed by atoms with Crippen LogP contribution in [-0.2, 0) is 0 Å². The first-order valence-electron chi connectivity index (χ1n) is 16.4. The lowest BCUT2D eigenvalue weighted by atomic mass is 9.98. The average molecular weight is 612 g/mol. The zero-order chi connectivity index (χ0) is 31.6. The van der Waals surface area contributed by atoms with Gasteiger partial charge < -0.3 is 4.57 Å². The van der Waals surface area contributed by atoms with E-state index < -0.39 is 0 Å². The molecule has 10 rings (SSSR count). The van der Waals surface area contributed by atoms with Crippen molar-refractivity contribution in [3.05, 3.63) is 176 Å². The van der Waals surface area contributed by atoms with Gasteiger partial charge in [0.15, 0.2) is 0 Å². The van der Waals surface area contributed by atoms with Crippen LogP contribution in [0.1, 0.15) is 0 Å². The van der Waals surface area contributed by atoms with Gasteiger partial charge in [-0.05, 0) is 46.8 Å². The van der Waals surface area contributed by atoms with Gasteiger partial charge in [0.1, 0.15) is 5.82 Å². The molecule has 0 N–H and O–H groups in total. The summed E-state index contributed by atoms with van der Waals surface area (Å²) >= 11 is 0. The van der Waals surface area contributed by atoms with Crippen molar-refractivity contribution in [3.8, 4) is 39.5 Å². The fourth-order valence-electron chi connectivity index (χ4n) is 7.60. The van der Waals surface area contributed by atoms with Gasteiger partial charge in [0, 0.05) is 38.4 Å². The number of hydrogen-bond donors (Lipinski definition) is 0. The summed E-state index contributed by atoms with van der Waals surface area (Å²) in [5, 5.41) is 6.12. The molecule has 0 bridgehead atoms. The van der Waals surface area contributed by atoms with E-state index in [1.807, 2.05) is 0 Å². The normalized spacial score (nSPS) is 11.8. The molecule has 3 aromatic heterocycles. The Bertz CT molecular complexity index is 2790. The molecular formula is C45H29N3. The summed E-state index contributed by atoms with van der Waals surface area (Å²) in [6, 6.07) is 62.9. The van der Waals surface area contributed by atoms with E-state index >= 15 is 0 Å². The monoisotopic (exact) mass is 611 g/mol. The highest BCUT2D eigenvalue weighted by Crippen LogP contribution is 2.45. The van der Waals surface area contributed by atoms with Crippen molar-refractivity contribution in [3.63, 3.8) is 0 Å². The molecule has 10 aromatic rings. The lowest BCUT2D eigenvalue weighted by molar-refractivity contribution is 1.18. The van der Waals surface area contributed by atoms with E-state index in [2.05, 4.69) is 185 Å². The van der Waals surface area contributed by atoms with Crippen LogP contribution >= 0.6 is 0 Å². The summed E-state index contributed by atoms with van der Waals surface area (Å²) in [7, 11) is 0. The highest BCUT2D eigenvalue weighted by atomic mass is 15.0. The first-order chi connectivity index (χ1) is 23.8. The van der Waals surface area contributed by atoms with Crippen molar-refractivity contribution in [1.29, 1.82) is 0 Å². The lowest BCUT2D eigenvalue weighted by Crippen LogP contribution is -1.96. The predicted molar refractivity (Wildman–Crippen MR) is 201 cm³/mol. The predicted octanol–water partition coefficient (Wildman–Crippen LogP) is 11.7. The number of aromatic nitrogens is 3. The van der Waals surface area contributed by atoms with E-state index in [4.69, 9.17) is 4.98 Å². The molecule has 3 nitrogen and oxygen atoms in total.